The van der Waals surface area contributed by atoms with Gasteiger partial charge >= 0.3 is 0 Å². The van der Waals surface area contributed by atoms with E-state index in [-0.39, 0.29) is 17.5 Å². The largest absolute Gasteiger partial charge is 0.294 e. The molecule has 0 amide bonds. The van der Waals surface area contributed by atoms with Crippen LogP contribution in [0, 0.1) is 17.7 Å². The SMILES string of the molecule is CC1CCC(C(=O)c2ccc(F)cc2Br)CC1. The van der Waals surface area contributed by atoms with Gasteiger partial charge in [-0.05, 0) is 52.9 Å². The number of ketones is 1. The summed E-state index contributed by atoms with van der Waals surface area (Å²) in [4.78, 5) is 12.3. The Bertz CT molecular complexity index is 422. The Morgan fingerprint density at radius 3 is 2.53 bits per heavy atom. The molecule has 2 rings (SSSR count). The molecule has 0 atom stereocenters. The van der Waals surface area contributed by atoms with Crippen LogP contribution in [0.5, 0.6) is 0 Å². The molecule has 0 unspecified atom stereocenters. The standard InChI is InChI=1S/C14H16BrFO/c1-9-2-4-10(5-3-9)14(17)12-7-6-11(16)8-13(12)15/h6-10H,2-5H2,1H3. The third kappa shape index (κ3) is 2.95. The van der Waals surface area contributed by atoms with Crippen LogP contribution in [0.15, 0.2) is 22.7 Å². The molecule has 1 saturated carbocycles. The normalized spacial score (nSPS) is 24.6. The minimum absolute atomic E-state index is 0.118. The van der Waals surface area contributed by atoms with E-state index in [1.807, 2.05) is 0 Å². The highest BCUT2D eigenvalue weighted by atomic mass is 79.9. The van der Waals surface area contributed by atoms with Crippen LogP contribution >= 0.6 is 15.9 Å². The smallest absolute Gasteiger partial charge is 0.167 e. The summed E-state index contributed by atoms with van der Waals surface area (Å²) in [6.07, 6.45) is 4.16. The number of hydrogen-bond donors (Lipinski definition) is 0. The average molecular weight is 299 g/mol. The topological polar surface area (TPSA) is 17.1 Å². The zero-order valence-corrected chi connectivity index (χ0v) is 11.5. The fourth-order valence-corrected chi connectivity index (χ4v) is 2.98. The van der Waals surface area contributed by atoms with Crippen molar-refractivity contribution in [3.05, 3.63) is 34.1 Å². The lowest BCUT2D eigenvalue weighted by Crippen LogP contribution is -2.21. The van der Waals surface area contributed by atoms with Crippen molar-refractivity contribution >= 4 is 21.7 Å². The maximum absolute atomic E-state index is 13.0. The third-order valence-corrected chi connectivity index (χ3v) is 4.24. The first-order chi connectivity index (χ1) is 8.08. The maximum Gasteiger partial charge on any atom is 0.167 e. The Kier molecular flexibility index (Phi) is 3.97. The number of benzene rings is 1. The number of carbonyl (C=O) groups is 1. The molecule has 0 saturated heterocycles. The molecule has 1 aromatic carbocycles. The second-order valence-electron chi connectivity index (χ2n) is 4.95. The van der Waals surface area contributed by atoms with Crippen LogP contribution in [-0.4, -0.2) is 5.78 Å². The Morgan fingerprint density at radius 2 is 1.94 bits per heavy atom. The average Bonchev–Trinajstić information content (AvgIpc) is 2.29. The summed E-state index contributed by atoms with van der Waals surface area (Å²) in [5.41, 5.74) is 0.617. The van der Waals surface area contributed by atoms with Crippen molar-refractivity contribution in [1.29, 1.82) is 0 Å². The van der Waals surface area contributed by atoms with Gasteiger partial charge in [-0.25, -0.2) is 4.39 Å². The first kappa shape index (κ1) is 12.7. The van der Waals surface area contributed by atoms with Gasteiger partial charge in [0, 0.05) is 16.0 Å². The molecule has 0 bridgehead atoms. The van der Waals surface area contributed by atoms with Crippen LogP contribution in [0.1, 0.15) is 43.0 Å². The van der Waals surface area contributed by atoms with Gasteiger partial charge in [0.1, 0.15) is 5.82 Å². The zero-order chi connectivity index (χ0) is 12.4. The van der Waals surface area contributed by atoms with E-state index in [1.54, 1.807) is 6.07 Å². The van der Waals surface area contributed by atoms with Gasteiger partial charge in [-0.2, -0.15) is 0 Å². The van der Waals surface area contributed by atoms with Crippen molar-refractivity contribution in [3.63, 3.8) is 0 Å². The predicted octanol–water partition coefficient (Wildman–Crippen LogP) is 4.60. The molecule has 1 nitrogen and oxygen atoms in total. The van der Waals surface area contributed by atoms with Crippen LogP contribution in [0.3, 0.4) is 0 Å². The molecule has 0 heterocycles. The number of rotatable bonds is 2. The quantitative estimate of drug-likeness (QED) is 0.730. The lowest BCUT2D eigenvalue weighted by molar-refractivity contribution is 0.0875. The molecular weight excluding hydrogens is 283 g/mol. The van der Waals surface area contributed by atoms with Gasteiger partial charge < -0.3 is 0 Å². The van der Waals surface area contributed by atoms with Gasteiger partial charge in [0.25, 0.3) is 0 Å². The highest BCUT2D eigenvalue weighted by Crippen LogP contribution is 2.32. The summed E-state index contributed by atoms with van der Waals surface area (Å²) < 4.78 is 13.5. The molecule has 1 aliphatic rings. The number of carbonyl (C=O) groups excluding carboxylic acids is 1. The number of hydrogen-bond acceptors (Lipinski definition) is 1. The highest BCUT2D eigenvalue weighted by Gasteiger charge is 2.26. The van der Waals surface area contributed by atoms with E-state index >= 15 is 0 Å². The minimum atomic E-state index is -0.314. The fourth-order valence-electron chi connectivity index (χ4n) is 2.43. The lowest BCUT2D eigenvalue weighted by atomic mass is 9.79. The lowest BCUT2D eigenvalue weighted by Gasteiger charge is -2.25. The Labute approximate surface area is 110 Å². The second kappa shape index (κ2) is 5.30. The third-order valence-electron chi connectivity index (χ3n) is 3.58. The van der Waals surface area contributed by atoms with E-state index in [0.717, 1.165) is 31.6 Å². The summed E-state index contributed by atoms with van der Waals surface area (Å²) in [5.74, 6) is 0.693. The number of halogens is 2. The van der Waals surface area contributed by atoms with Crippen molar-refractivity contribution in [1.82, 2.24) is 0 Å². The molecule has 0 aliphatic heterocycles. The molecule has 0 N–H and O–H groups in total. The maximum atomic E-state index is 13.0. The summed E-state index contributed by atoms with van der Waals surface area (Å²) >= 11 is 3.27. The molecule has 0 aromatic heterocycles. The van der Waals surface area contributed by atoms with E-state index < -0.39 is 0 Å². The first-order valence-electron chi connectivity index (χ1n) is 6.07. The van der Waals surface area contributed by atoms with E-state index in [0.29, 0.717) is 10.0 Å². The van der Waals surface area contributed by atoms with Crippen LogP contribution in [-0.2, 0) is 0 Å². The van der Waals surface area contributed by atoms with E-state index in [9.17, 15) is 9.18 Å². The highest BCUT2D eigenvalue weighted by molar-refractivity contribution is 9.10. The predicted molar refractivity (Wildman–Crippen MR) is 69.6 cm³/mol. The first-order valence-corrected chi connectivity index (χ1v) is 6.86. The molecular formula is C14H16BrFO. The van der Waals surface area contributed by atoms with Crippen molar-refractivity contribution in [2.45, 2.75) is 32.6 Å². The van der Waals surface area contributed by atoms with Crippen molar-refractivity contribution in [2.24, 2.45) is 11.8 Å². The van der Waals surface area contributed by atoms with Crippen LogP contribution in [0.4, 0.5) is 4.39 Å². The van der Waals surface area contributed by atoms with Gasteiger partial charge in [0.2, 0.25) is 0 Å². The van der Waals surface area contributed by atoms with Gasteiger partial charge in [0.05, 0.1) is 0 Å². The molecule has 1 aliphatic carbocycles. The Morgan fingerprint density at radius 1 is 1.29 bits per heavy atom. The Balaban J connectivity index is 2.14. The van der Waals surface area contributed by atoms with Crippen molar-refractivity contribution < 1.29 is 9.18 Å². The molecule has 0 spiro atoms. The summed E-state index contributed by atoms with van der Waals surface area (Å²) in [6, 6.07) is 4.29. The van der Waals surface area contributed by atoms with Crippen LogP contribution in [0.25, 0.3) is 0 Å². The van der Waals surface area contributed by atoms with Gasteiger partial charge in [0.15, 0.2) is 5.78 Å². The minimum Gasteiger partial charge on any atom is -0.294 e. The van der Waals surface area contributed by atoms with Crippen molar-refractivity contribution in [3.8, 4) is 0 Å². The molecule has 0 radical (unpaired) electrons. The van der Waals surface area contributed by atoms with Gasteiger partial charge in [-0.15, -0.1) is 0 Å². The van der Waals surface area contributed by atoms with Crippen molar-refractivity contribution in [2.75, 3.05) is 0 Å². The Hall–Kier alpha value is -0.700. The van der Waals surface area contributed by atoms with Crippen LogP contribution in [0.2, 0.25) is 0 Å². The van der Waals surface area contributed by atoms with E-state index in [4.69, 9.17) is 0 Å². The monoisotopic (exact) mass is 298 g/mol. The zero-order valence-electron chi connectivity index (χ0n) is 9.88. The second-order valence-corrected chi connectivity index (χ2v) is 5.80. The summed E-state index contributed by atoms with van der Waals surface area (Å²) in [7, 11) is 0. The van der Waals surface area contributed by atoms with E-state index in [2.05, 4.69) is 22.9 Å². The van der Waals surface area contributed by atoms with Gasteiger partial charge in [-0.3, -0.25) is 4.79 Å². The summed E-state index contributed by atoms with van der Waals surface area (Å²) in [5, 5.41) is 0. The van der Waals surface area contributed by atoms with Crippen LogP contribution < -0.4 is 0 Å². The fraction of sp³-hybridized carbons (Fsp3) is 0.500. The van der Waals surface area contributed by atoms with E-state index in [1.165, 1.54) is 12.1 Å². The molecule has 92 valence electrons. The summed E-state index contributed by atoms with van der Waals surface area (Å²) in [6.45, 7) is 2.23. The molecule has 3 heteroatoms. The molecule has 17 heavy (non-hydrogen) atoms. The molecule has 1 aromatic rings. The van der Waals surface area contributed by atoms with Gasteiger partial charge in [-0.1, -0.05) is 19.8 Å². The number of Topliss-reactive ketones (excluding diaryl/α,β-unsaturated/α-hetero) is 1. The molecule has 1 fully saturated rings.